The Labute approximate surface area is 202 Å². The van der Waals surface area contributed by atoms with E-state index in [-0.39, 0.29) is 11.3 Å². The van der Waals surface area contributed by atoms with E-state index in [1.165, 1.54) is 41.2 Å². The maximum Gasteiger partial charge on any atom is 0.254 e. The Morgan fingerprint density at radius 1 is 1.06 bits per heavy atom. The lowest BCUT2D eigenvalue weighted by atomic mass is 9.73. The number of aromatic nitrogens is 1. The van der Waals surface area contributed by atoms with Gasteiger partial charge in [0, 0.05) is 29.8 Å². The van der Waals surface area contributed by atoms with E-state index in [4.69, 9.17) is 11.6 Å². The van der Waals surface area contributed by atoms with Crippen LogP contribution in [0.1, 0.15) is 73.0 Å². The molecule has 0 bridgehead atoms. The molecule has 1 aromatic heterocycles. The van der Waals surface area contributed by atoms with Crippen molar-refractivity contribution in [3.63, 3.8) is 0 Å². The van der Waals surface area contributed by atoms with Gasteiger partial charge in [-0.3, -0.25) is 4.79 Å². The second kappa shape index (κ2) is 9.57. The van der Waals surface area contributed by atoms with Gasteiger partial charge in [0.2, 0.25) is 0 Å². The van der Waals surface area contributed by atoms with Crippen LogP contribution in [0.25, 0.3) is 10.8 Å². The van der Waals surface area contributed by atoms with Crippen molar-refractivity contribution in [1.29, 1.82) is 0 Å². The lowest BCUT2D eigenvalue weighted by Gasteiger charge is -2.45. The first-order valence-electron chi connectivity index (χ1n) is 11.7. The molecule has 0 N–H and O–H groups in total. The van der Waals surface area contributed by atoms with Crippen molar-refractivity contribution < 1.29 is 4.79 Å². The molecule has 5 rings (SSSR count). The number of carbonyl (C=O) groups is 1. The van der Waals surface area contributed by atoms with Crippen LogP contribution in [-0.4, -0.2) is 28.4 Å². The molecule has 33 heavy (non-hydrogen) atoms. The molecule has 170 valence electrons. The number of hydrogen-bond donors (Lipinski definition) is 0. The van der Waals surface area contributed by atoms with Crippen LogP contribution in [0.3, 0.4) is 0 Å². The molecular weight excluding hydrogens is 428 g/mol. The van der Waals surface area contributed by atoms with Gasteiger partial charge in [-0.05, 0) is 58.9 Å². The van der Waals surface area contributed by atoms with Crippen molar-refractivity contribution in [2.24, 2.45) is 0 Å². The van der Waals surface area contributed by atoms with E-state index >= 15 is 0 Å². The molecule has 0 unspecified atom stereocenters. The summed E-state index contributed by atoms with van der Waals surface area (Å²) in [5, 5.41) is 2.93. The predicted molar refractivity (Wildman–Crippen MR) is 137 cm³/mol. The summed E-state index contributed by atoms with van der Waals surface area (Å²) in [5.41, 5.74) is 4.28. The zero-order valence-corrected chi connectivity index (χ0v) is 20.2. The summed E-state index contributed by atoms with van der Waals surface area (Å²) in [6.45, 7) is 5.39. The number of nitrogens with zero attached hydrogens (tertiary/aromatic N) is 2. The molecule has 1 aliphatic heterocycles. The van der Waals surface area contributed by atoms with Crippen LogP contribution < -0.4 is 0 Å². The molecule has 3 aromatic rings. The Kier molecular flexibility index (Phi) is 6.77. The standard InChI is InChI=1S/C27H29ClN2O.C2H2/c1-27(2)17-30(20-8-4-3-5-9-20)26(31)23-15-19(14-18-12-13-24(28)29-16-18)21-10-6-7-11-22(21)25(23)27;1-2/h6-7,10-13,15-16,20H,3-5,8-9,14,17H2,1-2H3;1-2H. The largest absolute Gasteiger partial charge is 0.335 e. The minimum Gasteiger partial charge on any atom is -0.335 e. The predicted octanol–water partition coefficient (Wildman–Crippen LogP) is 6.79. The number of terminal acetylenes is 1. The van der Waals surface area contributed by atoms with Crippen molar-refractivity contribution in [2.75, 3.05) is 6.54 Å². The number of amides is 1. The third-order valence-corrected chi connectivity index (χ3v) is 7.29. The maximum absolute atomic E-state index is 13.8. The van der Waals surface area contributed by atoms with Crippen molar-refractivity contribution in [3.05, 3.63) is 76.1 Å². The molecule has 1 fully saturated rings. The number of pyridine rings is 1. The summed E-state index contributed by atoms with van der Waals surface area (Å²) >= 11 is 5.98. The highest BCUT2D eigenvalue weighted by atomic mass is 35.5. The average Bonchev–Trinajstić information content (AvgIpc) is 2.84. The number of carbonyl (C=O) groups excluding carboxylic acids is 1. The summed E-state index contributed by atoms with van der Waals surface area (Å²) in [6.07, 6.45) is 16.6. The monoisotopic (exact) mass is 458 g/mol. The summed E-state index contributed by atoms with van der Waals surface area (Å²) in [5.74, 6) is 0.211. The zero-order chi connectivity index (χ0) is 23.6. The van der Waals surface area contributed by atoms with Gasteiger partial charge in [-0.25, -0.2) is 4.98 Å². The van der Waals surface area contributed by atoms with Gasteiger partial charge in [0.1, 0.15) is 5.15 Å². The first-order valence-corrected chi connectivity index (χ1v) is 12.1. The lowest BCUT2D eigenvalue weighted by Crippen LogP contribution is -2.52. The van der Waals surface area contributed by atoms with Gasteiger partial charge in [-0.2, -0.15) is 0 Å². The third-order valence-electron chi connectivity index (χ3n) is 7.06. The Bertz CT molecular complexity index is 1170. The van der Waals surface area contributed by atoms with Gasteiger partial charge in [0.25, 0.3) is 5.91 Å². The minimum absolute atomic E-state index is 0.0827. The Morgan fingerprint density at radius 3 is 2.42 bits per heavy atom. The van der Waals surface area contributed by atoms with Crippen LogP contribution in [-0.2, 0) is 11.8 Å². The highest BCUT2D eigenvalue weighted by molar-refractivity contribution is 6.29. The van der Waals surface area contributed by atoms with E-state index in [2.05, 4.69) is 66.9 Å². The summed E-state index contributed by atoms with van der Waals surface area (Å²) in [6, 6.07) is 14.9. The van der Waals surface area contributed by atoms with Gasteiger partial charge < -0.3 is 4.90 Å². The number of fused-ring (bicyclic) bond motifs is 3. The molecule has 2 aliphatic rings. The van der Waals surface area contributed by atoms with Crippen LogP contribution in [0.4, 0.5) is 0 Å². The van der Waals surface area contributed by atoms with Gasteiger partial charge in [-0.15, -0.1) is 12.8 Å². The Balaban J connectivity index is 0.00000126. The molecule has 2 heterocycles. The van der Waals surface area contributed by atoms with Gasteiger partial charge in [0.05, 0.1) is 0 Å². The maximum atomic E-state index is 13.8. The fourth-order valence-corrected chi connectivity index (χ4v) is 5.76. The molecular formula is C29H31ClN2O. The minimum atomic E-state index is -0.0827. The van der Waals surface area contributed by atoms with E-state index in [1.54, 1.807) is 0 Å². The molecule has 0 atom stereocenters. The summed E-state index contributed by atoms with van der Waals surface area (Å²) < 4.78 is 0. The van der Waals surface area contributed by atoms with Crippen molar-refractivity contribution >= 4 is 28.3 Å². The first-order chi connectivity index (χ1) is 15.9. The van der Waals surface area contributed by atoms with Crippen LogP contribution in [0.15, 0.2) is 48.7 Å². The lowest BCUT2D eigenvalue weighted by molar-refractivity contribution is 0.0544. The molecule has 0 saturated heterocycles. The SMILES string of the molecule is C#C.CC1(C)CN(C2CCCCC2)C(=O)c2cc(Cc3ccc(Cl)nc3)c3ccccc3c21. The van der Waals surface area contributed by atoms with Gasteiger partial charge in [-0.1, -0.05) is 75.0 Å². The molecule has 1 saturated carbocycles. The van der Waals surface area contributed by atoms with E-state index in [1.807, 2.05) is 18.3 Å². The highest BCUT2D eigenvalue weighted by Gasteiger charge is 2.41. The van der Waals surface area contributed by atoms with Crippen LogP contribution in [0, 0.1) is 12.8 Å². The van der Waals surface area contributed by atoms with Crippen molar-refractivity contribution in [2.45, 2.75) is 63.8 Å². The number of benzene rings is 2. The molecule has 1 amide bonds. The number of halogens is 1. The van der Waals surface area contributed by atoms with Crippen LogP contribution in [0.5, 0.6) is 0 Å². The fourth-order valence-electron chi connectivity index (χ4n) is 5.64. The molecule has 2 aromatic carbocycles. The van der Waals surface area contributed by atoms with Crippen LogP contribution >= 0.6 is 11.6 Å². The quantitative estimate of drug-likeness (QED) is 0.319. The summed E-state index contributed by atoms with van der Waals surface area (Å²) in [7, 11) is 0. The average molecular weight is 459 g/mol. The zero-order valence-electron chi connectivity index (χ0n) is 19.5. The number of hydrogen-bond acceptors (Lipinski definition) is 2. The molecule has 3 nitrogen and oxygen atoms in total. The smallest absolute Gasteiger partial charge is 0.254 e. The topological polar surface area (TPSA) is 33.2 Å². The highest BCUT2D eigenvalue weighted by Crippen LogP contribution is 2.42. The van der Waals surface area contributed by atoms with E-state index in [9.17, 15) is 4.79 Å². The van der Waals surface area contributed by atoms with E-state index in [0.717, 1.165) is 36.9 Å². The molecule has 0 spiro atoms. The van der Waals surface area contributed by atoms with Crippen molar-refractivity contribution in [3.8, 4) is 12.8 Å². The van der Waals surface area contributed by atoms with E-state index in [0.29, 0.717) is 11.2 Å². The fraction of sp³-hybridized carbons (Fsp3) is 0.379. The molecule has 4 heteroatoms. The molecule has 0 radical (unpaired) electrons. The second-order valence-corrected chi connectivity index (χ2v) is 10.2. The summed E-state index contributed by atoms with van der Waals surface area (Å²) in [4.78, 5) is 20.2. The van der Waals surface area contributed by atoms with Gasteiger partial charge in [0.15, 0.2) is 0 Å². The van der Waals surface area contributed by atoms with E-state index < -0.39 is 0 Å². The van der Waals surface area contributed by atoms with Crippen molar-refractivity contribution in [1.82, 2.24) is 9.88 Å². The normalized spacial score (nSPS) is 17.8. The third kappa shape index (κ3) is 4.50. The second-order valence-electron chi connectivity index (χ2n) is 9.78. The number of rotatable bonds is 3. The van der Waals surface area contributed by atoms with Gasteiger partial charge >= 0.3 is 0 Å². The Morgan fingerprint density at radius 2 is 1.76 bits per heavy atom. The molecule has 1 aliphatic carbocycles. The Hall–Kier alpha value is -2.83. The first kappa shape index (κ1) is 23.3. The van der Waals surface area contributed by atoms with Crippen LogP contribution in [0.2, 0.25) is 5.15 Å².